The summed E-state index contributed by atoms with van der Waals surface area (Å²) in [7, 11) is 0. The lowest BCUT2D eigenvalue weighted by Crippen LogP contribution is -2.29. The monoisotopic (exact) mass is 367 g/mol. The van der Waals surface area contributed by atoms with Crippen LogP contribution >= 0.6 is 0 Å². The summed E-state index contributed by atoms with van der Waals surface area (Å²) < 4.78 is 13.2. The number of cyclic esters (lactones) is 1. The molecule has 27 heavy (non-hydrogen) atoms. The van der Waals surface area contributed by atoms with Crippen molar-refractivity contribution in [1.82, 2.24) is 25.3 Å². The summed E-state index contributed by atoms with van der Waals surface area (Å²) in [6.07, 6.45) is 6.39. The highest BCUT2D eigenvalue weighted by Gasteiger charge is 2.34. The van der Waals surface area contributed by atoms with E-state index in [4.69, 9.17) is 9.47 Å². The third-order valence-electron chi connectivity index (χ3n) is 5.16. The van der Waals surface area contributed by atoms with E-state index in [0.717, 1.165) is 40.8 Å². The Morgan fingerprint density at radius 1 is 1.22 bits per heavy atom. The van der Waals surface area contributed by atoms with Crippen molar-refractivity contribution in [3.05, 3.63) is 30.6 Å². The molecule has 1 aromatic carbocycles. The lowest BCUT2D eigenvalue weighted by Gasteiger charge is -2.17. The van der Waals surface area contributed by atoms with Crippen molar-refractivity contribution in [2.45, 2.75) is 25.3 Å². The van der Waals surface area contributed by atoms with Gasteiger partial charge in [0.2, 0.25) is 0 Å². The van der Waals surface area contributed by atoms with E-state index in [0.29, 0.717) is 32.1 Å². The van der Waals surface area contributed by atoms with Crippen molar-refractivity contribution in [1.29, 1.82) is 0 Å². The molecule has 8 heteroatoms. The Morgan fingerprint density at radius 3 is 3.04 bits per heavy atom. The van der Waals surface area contributed by atoms with E-state index >= 15 is 0 Å². The number of aromatic nitrogens is 4. The number of ether oxygens (including phenoxy) is 2. The van der Waals surface area contributed by atoms with E-state index < -0.39 is 6.09 Å². The van der Waals surface area contributed by atoms with Gasteiger partial charge >= 0.3 is 6.09 Å². The smallest absolute Gasteiger partial charge is 0.407 e. The minimum atomic E-state index is -0.392. The van der Waals surface area contributed by atoms with Crippen LogP contribution < -0.4 is 10.1 Å². The zero-order valence-electron chi connectivity index (χ0n) is 14.9. The second-order valence-corrected chi connectivity index (χ2v) is 7.12. The first-order chi connectivity index (χ1) is 13.3. The topological polar surface area (TPSA) is 94.1 Å². The Bertz CT molecular complexity index is 975. The Hall–Kier alpha value is -3.03. The Kier molecular flexibility index (Phi) is 3.95. The van der Waals surface area contributed by atoms with Gasteiger partial charge in [-0.05, 0) is 43.4 Å². The summed E-state index contributed by atoms with van der Waals surface area (Å²) in [4.78, 5) is 11.9. The van der Waals surface area contributed by atoms with E-state index in [-0.39, 0.29) is 6.04 Å². The van der Waals surface area contributed by atoms with E-state index in [1.807, 2.05) is 35.3 Å². The molecule has 140 valence electrons. The highest BCUT2D eigenvalue weighted by atomic mass is 16.5. The predicted octanol–water partition coefficient (Wildman–Crippen LogP) is 2.89. The number of benzene rings is 1. The zero-order chi connectivity index (χ0) is 18.2. The molecular formula is C19H21N5O3. The number of carbonyl (C=O) groups is 1. The van der Waals surface area contributed by atoms with Crippen LogP contribution in [-0.4, -0.2) is 45.8 Å². The molecule has 1 aliphatic carbocycles. The van der Waals surface area contributed by atoms with Gasteiger partial charge in [0.1, 0.15) is 18.1 Å². The third-order valence-corrected chi connectivity index (χ3v) is 5.16. The minimum absolute atomic E-state index is 0.0570. The highest BCUT2D eigenvalue weighted by Crippen LogP contribution is 2.40. The molecule has 1 atom stereocenters. The average Bonchev–Trinajstić information content (AvgIpc) is 3.24. The molecule has 1 unspecified atom stereocenters. The molecule has 1 amide bonds. The van der Waals surface area contributed by atoms with Gasteiger partial charge in [-0.3, -0.25) is 9.78 Å². The van der Waals surface area contributed by atoms with Gasteiger partial charge in [-0.25, -0.2) is 4.79 Å². The molecule has 2 N–H and O–H groups in total. The van der Waals surface area contributed by atoms with E-state index in [1.54, 1.807) is 0 Å². The molecular weight excluding hydrogens is 346 g/mol. The lowest BCUT2D eigenvalue weighted by molar-refractivity contribution is 0.119. The van der Waals surface area contributed by atoms with Crippen LogP contribution in [-0.2, 0) is 4.74 Å². The molecule has 1 aliphatic heterocycles. The number of amides is 1. The van der Waals surface area contributed by atoms with E-state index in [9.17, 15) is 4.79 Å². The first-order valence-corrected chi connectivity index (χ1v) is 9.34. The number of aromatic amines is 1. The van der Waals surface area contributed by atoms with Crippen molar-refractivity contribution in [2.24, 2.45) is 5.92 Å². The Morgan fingerprint density at radius 2 is 2.15 bits per heavy atom. The number of nitrogens with zero attached hydrogens (tertiary/aromatic N) is 3. The zero-order valence-corrected chi connectivity index (χ0v) is 14.9. The number of carbonyl (C=O) groups excluding carboxylic acids is 1. The van der Waals surface area contributed by atoms with E-state index in [1.165, 1.54) is 0 Å². The van der Waals surface area contributed by atoms with Gasteiger partial charge < -0.3 is 14.8 Å². The standard InChI is InChI=1S/C19H21N5O3/c25-19-20-6-1-7-26-14-4-5-16-15(8-14)18(23-22-16)13-9-21-24(10-13)17(11-27-19)12-2-3-12/h4-5,8-10,12,17H,1-3,6-7,11H2,(H,20,25)(H,22,23). The normalized spacial score (nSPS) is 20.9. The van der Waals surface area contributed by atoms with Gasteiger partial charge in [-0.2, -0.15) is 10.2 Å². The summed E-state index contributed by atoms with van der Waals surface area (Å²) in [5.41, 5.74) is 2.74. The fourth-order valence-corrected chi connectivity index (χ4v) is 3.52. The SMILES string of the molecule is O=C1NCCCOc2ccc3[nH]nc(c3c2)-c2cnn(c2)C(C2CC2)CO1. The summed E-state index contributed by atoms with van der Waals surface area (Å²) in [6.45, 7) is 1.35. The van der Waals surface area contributed by atoms with Crippen molar-refractivity contribution < 1.29 is 14.3 Å². The molecule has 0 saturated heterocycles. The largest absolute Gasteiger partial charge is 0.494 e. The maximum absolute atomic E-state index is 11.9. The Labute approximate surface area is 155 Å². The number of rotatable bonds is 1. The summed E-state index contributed by atoms with van der Waals surface area (Å²) in [5, 5.41) is 15.9. The summed E-state index contributed by atoms with van der Waals surface area (Å²) in [6, 6.07) is 5.94. The van der Waals surface area contributed by atoms with Crippen LogP contribution in [0.3, 0.4) is 0 Å². The van der Waals surface area contributed by atoms with Crippen LogP contribution in [0.5, 0.6) is 5.75 Å². The molecule has 0 radical (unpaired) electrons. The highest BCUT2D eigenvalue weighted by molar-refractivity contribution is 5.93. The fraction of sp³-hybridized carbons (Fsp3) is 0.421. The Balaban J connectivity index is 1.53. The van der Waals surface area contributed by atoms with Crippen LogP contribution in [0.25, 0.3) is 22.2 Å². The predicted molar refractivity (Wildman–Crippen MR) is 98.5 cm³/mol. The van der Waals surface area contributed by atoms with Crippen molar-refractivity contribution in [3.63, 3.8) is 0 Å². The molecule has 8 nitrogen and oxygen atoms in total. The van der Waals surface area contributed by atoms with E-state index in [2.05, 4.69) is 20.6 Å². The lowest BCUT2D eigenvalue weighted by atomic mass is 10.1. The third kappa shape index (κ3) is 3.22. The van der Waals surface area contributed by atoms with Gasteiger partial charge in [0, 0.05) is 23.7 Å². The molecule has 4 bridgehead atoms. The van der Waals surface area contributed by atoms with Crippen LogP contribution in [0.2, 0.25) is 0 Å². The number of H-pyrrole nitrogens is 1. The number of fused-ring (bicyclic) bond motifs is 4. The van der Waals surface area contributed by atoms with Gasteiger partial charge in [0.25, 0.3) is 0 Å². The molecule has 2 aromatic heterocycles. The number of nitrogens with one attached hydrogen (secondary N) is 2. The second-order valence-electron chi connectivity index (χ2n) is 7.12. The average molecular weight is 367 g/mol. The quantitative estimate of drug-likeness (QED) is 0.690. The summed E-state index contributed by atoms with van der Waals surface area (Å²) >= 11 is 0. The molecule has 2 aliphatic rings. The minimum Gasteiger partial charge on any atom is -0.494 e. The van der Waals surface area contributed by atoms with Gasteiger partial charge in [0.15, 0.2) is 0 Å². The van der Waals surface area contributed by atoms with Crippen LogP contribution in [0.1, 0.15) is 25.3 Å². The maximum Gasteiger partial charge on any atom is 0.407 e. The maximum atomic E-state index is 11.9. The molecule has 1 fully saturated rings. The number of alkyl carbamates (subject to hydrolysis) is 1. The molecule has 3 aromatic rings. The van der Waals surface area contributed by atoms with Gasteiger partial charge in [-0.1, -0.05) is 0 Å². The van der Waals surface area contributed by atoms with Crippen LogP contribution in [0.4, 0.5) is 4.79 Å². The first-order valence-electron chi connectivity index (χ1n) is 9.34. The van der Waals surface area contributed by atoms with Crippen molar-refractivity contribution >= 4 is 17.0 Å². The molecule has 0 spiro atoms. The van der Waals surface area contributed by atoms with Gasteiger partial charge in [-0.15, -0.1) is 0 Å². The van der Waals surface area contributed by atoms with Crippen molar-refractivity contribution in [3.8, 4) is 17.0 Å². The number of hydrogen-bond donors (Lipinski definition) is 2. The van der Waals surface area contributed by atoms with Crippen molar-refractivity contribution in [2.75, 3.05) is 19.8 Å². The molecule has 5 rings (SSSR count). The van der Waals surface area contributed by atoms with Crippen LogP contribution in [0.15, 0.2) is 30.6 Å². The fourth-order valence-electron chi connectivity index (χ4n) is 3.52. The summed E-state index contributed by atoms with van der Waals surface area (Å²) in [5.74, 6) is 1.28. The molecule has 1 saturated carbocycles. The molecule has 3 heterocycles. The number of hydrogen-bond acceptors (Lipinski definition) is 5. The first kappa shape index (κ1) is 16.2. The van der Waals surface area contributed by atoms with Gasteiger partial charge in [0.05, 0.1) is 24.4 Å². The van der Waals surface area contributed by atoms with Crippen LogP contribution in [0, 0.1) is 5.92 Å². The second kappa shape index (κ2) is 6.61.